The molecule has 0 spiro atoms. The van der Waals surface area contributed by atoms with Gasteiger partial charge in [0.25, 0.3) is 0 Å². The molecule has 36 heavy (non-hydrogen) atoms. The number of anilines is 1. The molecule has 9 heteroatoms. The van der Waals surface area contributed by atoms with Gasteiger partial charge in [0.15, 0.2) is 0 Å². The molecule has 1 N–H and O–H groups in total. The standard InChI is InChI=1S/C27H38ClN3O4S/c1-6-21(4)29-27(33)25(7-2)30(19-22-12-9-8-11-20(22)3)26(32)13-10-18-31(36(5,34)35)24-16-14-23(28)15-17-24/h8-9,11-12,14-17,21,25H,6-7,10,13,18-19H2,1-5H3,(H,29,33)/t21-,25+/m1/s1. The number of benzene rings is 2. The van der Waals surface area contributed by atoms with Gasteiger partial charge in [-0.15, -0.1) is 0 Å². The number of rotatable bonds is 13. The van der Waals surface area contributed by atoms with E-state index < -0.39 is 16.1 Å². The highest BCUT2D eigenvalue weighted by Crippen LogP contribution is 2.22. The quantitative estimate of drug-likeness (QED) is 0.394. The van der Waals surface area contributed by atoms with Crippen molar-refractivity contribution in [3.05, 3.63) is 64.7 Å². The van der Waals surface area contributed by atoms with Crippen molar-refractivity contribution in [1.82, 2.24) is 10.2 Å². The Morgan fingerprint density at radius 1 is 1.03 bits per heavy atom. The van der Waals surface area contributed by atoms with Crippen molar-refractivity contribution in [3.63, 3.8) is 0 Å². The number of hydrogen-bond acceptors (Lipinski definition) is 4. The molecule has 0 heterocycles. The Morgan fingerprint density at radius 2 is 1.67 bits per heavy atom. The zero-order chi connectivity index (χ0) is 26.9. The van der Waals surface area contributed by atoms with Gasteiger partial charge in [-0.05, 0) is 68.5 Å². The van der Waals surface area contributed by atoms with Gasteiger partial charge >= 0.3 is 0 Å². The van der Waals surface area contributed by atoms with Crippen molar-refractivity contribution in [2.45, 2.75) is 72.0 Å². The van der Waals surface area contributed by atoms with Crippen LogP contribution in [0.15, 0.2) is 48.5 Å². The van der Waals surface area contributed by atoms with Crippen LogP contribution in [0, 0.1) is 6.92 Å². The van der Waals surface area contributed by atoms with Crippen molar-refractivity contribution < 1.29 is 18.0 Å². The zero-order valence-corrected chi connectivity index (χ0v) is 23.4. The maximum Gasteiger partial charge on any atom is 0.243 e. The first-order chi connectivity index (χ1) is 17.0. The van der Waals surface area contributed by atoms with Crippen LogP contribution in [-0.2, 0) is 26.2 Å². The topological polar surface area (TPSA) is 86.8 Å². The molecule has 0 aliphatic carbocycles. The van der Waals surface area contributed by atoms with Crippen LogP contribution in [0.5, 0.6) is 0 Å². The first-order valence-electron chi connectivity index (χ1n) is 12.4. The van der Waals surface area contributed by atoms with Gasteiger partial charge in [-0.2, -0.15) is 0 Å². The van der Waals surface area contributed by atoms with Gasteiger partial charge in [0.1, 0.15) is 6.04 Å². The van der Waals surface area contributed by atoms with Crippen LogP contribution in [0.1, 0.15) is 57.6 Å². The Bertz CT molecular complexity index is 1120. The summed E-state index contributed by atoms with van der Waals surface area (Å²) in [6.07, 6.45) is 2.82. The number of nitrogens with zero attached hydrogens (tertiary/aromatic N) is 2. The first kappa shape index (κ1) is 29.6. The van der Waals surface area contributed by atoms with Crippen LogP contribution in [-0.4, -0.2) is 50.0 Å². The molecule has 2 rings (SSSR count). The third kappa shape index (κ3) is 8.52. The lowest BCUT2D eigenvalue weighted by molar-refractivity contribution is -0.141. The summed E-state index contributed by atoms with van der Waals surface area (Å²) in [5.74, 6) is -0.360. The maximum atomic E-state index is 13.5. The summed E-state index contributed by atoms with van der Waals surface area (Å²) in [7, 11) is -3.55. The smallest absolute Gasteiger partial charge is 0.243 e. The van der Waals surface area contributed by atoms with E-state index in [0.717, 1.165) is 23.8 Å². The minimum Gasteiger partial charge on any atom is -0.352 e. The Balaban J connectivity index is 2.23. The summed E-state index contributed by atoms with van der Waals surface area (Å²) in [6.45, 7) is 8.26. The molecule has 0 unspecified atom stereocenters. The molecule has 0 bridgehead atoms. The van der Waals surface area contributed by atoms with Gasteiger partial charge in [0, 0.05) is 30.6 Å². The molecule has 2 amide bonds. The number of amides is 2. The molecule has 0 saturated heterocycles. The zero-order valence-electron chi connectivity index (χ0n) is 21.8. The van der Waals surface area contributed by atoms with E-state index in [1.165, 1.54) is 4.31 Å². The van der Waals surface area contributed by atoms with Crippen LogP contribution in [0.25, 0.3) is 0 Å². The minimum absolute atomic E-state index is 0.00431. The van der Waals surface area contributed by atoms with E-state index in [1.54, 1.807) is 29.2 Å². The van der Waals surface area contributed by atoms with E-state index in [1.807, 2.05) is 52.0 Å². The van der Waals surface area contributed by atoms with Crippen molar-refractivity contribution in [2.75, 3.05) is 17.1 Å². The Labute approximate surface area is 220 Å². The van der Waals surface area contributed by atoms with Crippen LogP contribution in [0.3, 0.4) is 0 Å². The molecular weight excluding hydrogens is 498 g/mol. The van der Waals surface area contributed by atoms with E-state index in [4.69, 9.17) is 11.6 Å². The lowest BCUT2D eigenvalue weighted by Gasteiger charge is -2.32. The van der Waals surface area contributed by atoms with E-state index in [9.17, 15) is 18.0 Å². The van der Waals surface area contributed by atoms with Crippen LogP contribution < -0.4 is 9.62 Å². The third-order valence-electron chi connectivity index (χ3n) is 6.26. The fourth-order valence-electron chi connectivity index (χ4n) is 3.94. The van der Waals surface area contributed by atoms with Gasteiger partial charge in [-0.3, -0.25) is 13.9 Å². The molecule has 2 atom stereocenters. The van der Waals surface area contributed by atoms with Crippen molar-refractivity contribution in [2.24, 2.45) is 0 Å². The lowest BCUT2D eigenvalue weighted by atomic mass is 10.0. The fourth-order valence-corrected chi connectivity index (χ4v) is 5.03. The average Bonchev–Trinajstić information content (AvgIpc) is 2.82. The monoisotopic (exact) mass is 535 g/mol. The van der Waals surface area contributed by atoms with Gasteiger partial charge in [-0.1, -0.05) is 49.7 Å². The van der Waals surface area contributed by atoms with E-state index in [0.29, 0.717) is 30.1 Å². The number of aryl methyl sites for hydroxylation is 1. The maximum absolute atomic E-state index is 13.5. The molecule has 2 aromatic rings. The van der Waals surface area contributed by atoms with Crippen molar-refractivity contribution in [1.29, 1.82) is 0 Å². The summed E-state index contributed by atoms with van der Waals surface area (Å²) in [5.41, 5.74) is 2.50. The lowest BCUT2D eigenvalue weighted by Crippen LogP contribution is -2.50. The number of sulfonamides is 1. The molecular formula is C27H38ClN3O4S. The van der Waals surface area contributed by atoms with Gasteiger partial charge in [0.05, 0.1) is 11.9 Å². The predicted octanol–water partition coefficient (Wildman–Crippen LogP) is 4.92. The van der Waals surface area contributed by atoms with Crippen LogP contribution >= 0.6 is 11.6 Å². The molecule has 0 saturated carbocycles. The summed E-state index contributed by atoms with van der Waals surface area (Å²) in [4.78, 5) is 28.2. The molecule has 0 aliphatic rings. The minimum atomic E-state index is -3.55. The molecule has 0 aliphatic heterocycles. The third-order valence-corrected chi connectivity index (χ3v) is 7.70. The second-order valence-corrected chi connectivity index (χ2v) is 11.4. The second-order valence-electron chi connectivity index (χ2n) is 9.11. The number of carbonyl (C=O) groups is 2. The number of carbonyl (C=O) groups excluding carboxylic acids is 2. The summed E-state index contributed by atoms with van der Waals surface area (Å²) in [5, 5.41) is 3.52. The molecule has 2 aromatic carbocycles. The molecule has 0 fully saturated rings. The Kier molecular flexibility index (Phi) is 11.2. The molecule has 0 aromatic heterocycles. The van der Waals surface area contributed by atoms with Gasteiger partial charge in [0.2, 0.25) is 21.8 Å². The summed E-state index contributed by atoms with van der Waals surface area (Å²) in [6, 6.07) is 13.7. The number of nitrogens with one attached hydrogen (secondary N) is 1. The highest BCUT2D eigenvalue weighted by atomic mass is 35.5. The second kappa shape index (κ2) is 13.7. The largest absolute Gasteiger partial charge is 0.352 e. The van der Waals surface area contributed by atoms with Gasteiger partial charge in [-0.25, -0.2) is 8.42 Å². The average molecular weight is 536 g/mol. The molecule has 198 valence electrons. The molecule has 7 nitrogen and oxygen atoms in total. The first-order valence-corrected chi connectivity index (χ1v) is 14.6. The fraction of sp³-hybridized carbons (Fsp3) is 0.481. The molecule has 0 radical (unpaired) electrons. The van der Waals surface area contributed by atoms with E-state index >= 15 is 0 Å². The van der Waals surface area contributed by atoms with E-state index in [2.05, 4.69) is 5.32 Å². The highest BCUT2D eigenvalue weighted by molar-refractivity contribution is 7.92. The Hall–Kier alpha value is -2.58. The Morgan fingerprint density at radius 3 is 2.22 bits per heavy atom. The summed E-state index contributed by atoms with van der Waals surface area (Å²) >= 11 is 5.95. The van der Waals surface area contributed by atoms with E-state index in [-0.39, 0.29) is 30.8 Å². The number of halogens is 1. The van der Waals surface area contributed by atoms with Gasteiger partial charge < -0.3 is 10.2 Å². The summed E-state index contributed by atoms with van der Waals surface area (Å²) < 4.78 is 26.1. The normalized spacial score (nSPS) is 13.1. The SMILES string of the molecule is CC[C@@H](C)NC(=O)[C@H](CC)N(Cc1ccccc1C)C(=O)CCCN(c1ccc(Cl)cc1)S(C)(=O)=O. The highest BCUT2D eigenvalue weighted by Gasteiger charge is 2.29. The van der Waals surface area contributed by atoms with Crippen molar-refractivity contribution >= 4 is 39.1 Å². The van der Waals surface area contributed by atoms with Crippen LogP contribution in [0.4, 0.5) is 5.69 Å². The van der Waals surface area contributed by atoms with Crippen LogP contribution in [0.2, 0.25) is 5.02 Å². The predicted molar refractivity (Wildman–Crippen MR) is 147 cm³/mol. The number of hydrogen-bond donors (Lipinski definition) is 1. The van der Waals surface area contributed by atoms with Crippen molar-refractivity contribution in [3.8, 4) is 0 Å².